The lowest BCUT2D eigenvalue weighted by Crippen LogP contribution is -2.46. The van der Waals surface area contributed by atoms with Crippen molar-refractivity contribution in [1.29, 1.82) is 0 Å². The Morgan fingerprint density at radius 1 is 1.56 bits per heavy atom. The second-order valence-corrected chi connectivity index (χ2v) is 4.20. The summed E-state index contributed by atoms with van der Waals surface area (Å²) in [7, 11) is 0. The van der Waals surface area contributed by atoms with Gasteiger partial charge in [0.2, 0.25) is 5.28 Å². The Labute approximate surface area is 95.2 Å². The Morgan fingerprint density at radius 2 is 2.38 bits per heavy atom. The van der Waals surface area contributed by atoms with E-state index in [4.69, 9.17) is 16.3 Å². The molecule has 0 bridgehead atoms. The molecule has 0 spiro atoms. The smallest absolute Gasteiger partial charge is 0.273 e. The number of ether oxygens (including phenoxy) is 1. The Kier molecular flexibility index (Phi) is 1.98. The monoisotopic (exact) mass is 247 g/mol. The Morgan fingerprint density at radius 3 is 3.19 bits per heavy atom. The highest BCUT2D eigenvalue weighted by atomic mass is 35.5. The van der Waals surface area contributed by atoms with Gasteiger partial charge in [-0.25, -0.2) is 13.8 Å². The third-order valence-corrected chi connectivity index (χ3v) is 3.11. The van der Waals surface area contributed by atoms with Crippen LogP contribution in [-0.4, -0.2) is 35.1 Å². The van der Waals surface area contributed by atoms with Gasteiger partial charge in [0, 0.05) is 13.0 Å². The molecular weight excluding hydrogens is 240 g/mol. The molecule has 1 fully saturated rings. The van der Waals surface area contributed by atoms with Gasteiger partial charge in [-0.2, -0.15) is 4.98 Å². The van der Waals surface area contributed by atoms with Crippen LogP contribution in [0.5, 0.6) is 5.75 Å². The summed E-state index contributed by atoms with van der Waals surface area (Å²) in [5.41, 5.74) is 0. The van der Waals surface area contributed by atoms with Gasteiger partial charge >= 0.3 is 0 Å². The highest BCUT2D eigenvalue weighted by molar-refractivity contribution is 6.28. The van der Waals surface area contributed by atoms with Crippen molar-refractivity contribution in [2.24, 2.45) is 0 Å². The van der Waals surface area contributed by atoms with E-state index in [-0.39, 0.29) is 24.9 Å². The number of hydrogen-bond acceptors (Lipinski definition) is 4. The van der Waals surface area contributed by atoms with Gasteiger partial charge < -0.3 is 9.64 Å². The highest BCUT2D eigenvalue weighted by Gasteiger charge is 2.52. The van der Waals surface area contributed by atoms with Crippen molar-refractivity contribution in [1.82, 2.24) is 9.97 Å². The molecule has 3 heterocycles. The summed E-state index contributed by atoms with van der Waals surface area (Å²) in [6.45, 7) is 0.229. The van der Waals surface area contributed by atoms with E-state index < -0.39 is 12.0 Å². The number of nitrogens with zero attached hydrogens (tertiary/aromatic N) is 3. The summed E-state index contributed by atoms with van der Waals surface area (Å²) in [5.74, 6) is -1.94. The van der Waals surface area contributed by atoms with E-state index in [1.54, 1.807) is 4.90 Å². The molecule has 16 heavy (non-hydrogen) atoms. The molecule has 0 aliphatic carbocycles. The fourth-order valence-electron chi connectivity index (χ4n) is 2.10. The second-order valence-electron chi connectivity index (χ2n) is 3.86. The van der Waals surface area contributed by atoms with E-state index in [0.717, 1.165) is 0 Å². The van der Waals surface area contributed by atoms with E-state index in [1.807, 2.05) is 0 Å². The maximum Gasteiger partial charge on any atom is 0.273 e. The van der Waals surface area contributed by atoms with Gasteiger partial charge in [-0.3, -0.25) is 0 Å². The molecule has 1 aromatic rings. The van der Waals surface area contributed by atoms with Crippen molar-refractivity contribution in [3.63, 3.8) is 0 Å². The minimum atomic E-state index is -2.73. The maximum absolute atomic E-state index is 13.5. The highest BCUT2D eigenvalue weighted by Crippen LogP contribution is 2.42. The molecule has 0 radical (unpaired) electrons. The van der Waals surface area contributed by atoms with Crippen LogP contribution in [0.4, 0.5) is 14.6 Å². The molecule has 0 saturated carbocycles. The molecule has 3 rings (SSSR count). The van der Waals surface area contributed by atoms with E-state index >= 15 is 0 Å². The van der Waals surface area contributed by atoms with Gasteiger partial charge in [0.25, 0.3) is 5.92 Å². The molecule has 1 unspecified atom stereocenters. The quantitative estimate of drug-likeness (QED) is 0.655. The van der Waals surface area contributed by atoms with Crippen LogP contribution in [0, 0.1) is 0 Å². The first-order valence-electron chi connectivity index (χ1n) is 4.88. The van der Waals surface area contributed by atoms with E-state index in [0.29, 0.717) is 11.6 Å². The minimum absolute atomic E-state index is 0.0367. The molecule has 1 saturated heterocycles. The van der Waals surface area contributed by atoms with Crippen molar-refractivity contribution >= 4 is 17.4 Å². The predicted octanol–water partition coefficient (Wildman–Crippen LogP) is 1.74. The summed E-state index contributed by atoms with van der Waals surface area (Å²) < 4.78 is 32.2. The molecule has 1 atom stereocenters. The van der Waals surface area contributed by atoms with Crippen molar-refractivity contribution in [3.05, 3.63) is 11.5 Å². The standard InChI is InChI=1S/C9H8ClF2N3O/c10-8-13-3-5-7(14-8)15-2-1-9(11,12)6(15)4-16-5/h3,6H,1-2,4H2. The van der Waals surface area contributed by atoms with Gasteiger partial charge in [-0.15, -0.1) is 0 Å². The molecule has 0 amide bonds. The molecule has 7 heteroatoms. The van der Waals surface area contributed by atoms with Gasteiger partial charge in [0.15, 0.2) is 11.6 Å². The molecule has 0 aromatic carbocycles. The Bertz CT molecular complexity index is 443. The summed E-state index contributed by atoms with van der Waals surface area (Å²) >= 11 is 5.65. The van der Waals surface area contributed by atoms with E-state index in [9.17, 15) is 8.78 Å². The molecular formula is C9H8ClF2N3O. The summed E-state index contributed by atoms with van der Waals surface area (Å²) in [6, 6.07) is -0.939. The van der Waals surface area contributed by atoms with Gasteiger partial charge in [0.1, 0.15) is 12.6 Å². The lowest BCUT2D eigenvalue weighted by molar-refractivity contribution is -0.0214. The summed E-state index contributed by atoms with van der Waals surface area (Å²) in [5, 5.41) is 0.0400. The van der Waals surface area contributed by atoms with Crippen LogP contribution in [0.3, 0.4) is 0 Å². The van der Waals surface area contributed by atoms with Crippen molar-refractivity contribution < 1.29 is 13.5 Å². The van der Waals surface area contributed by atoms with Crippen molar-refractivity contribution in [3.8, 4) is 5.75 Å². The first-order chi connectivity index (χ1) is 7.58. The Balaban J connectivity index is 2.05. The number of alkyl halides is 2. The third kappa shape index (κ3) is 1.32. The summed E-state index contributed by atoms with van der Waals surface area (Å²) in [6.07, 6.45) is 1.24. The number of rotatable bonds is 0. The first-order valence-corrected chi connectivity index (χ1v) is 5.25. The molecule has 86 valence electrons. The number of anilines is 1. The number of aromatic nitrogens is 2. The fraction of sp³-hybridized carbons (Fsp3) is 0.556. The molecule has 2 aliphatic rings. The average molecular weight is 248 g/mol. The third-order valence-electron chi connectivity index (χ3n) is 2.93. The van der Waals surface area contributed by atoms with Crippen LogP contribution in [0.15, 0.2) is 6.20 Å². The van der Waals surface area contributed by atoms with Crippen LogP contribution < -0.4 is 9.64 Å². The number of hydrogen-bond donors (Lipinski definition) is 0. The van der Waals surface area contributed by atoms with Crippen LogP contribution in [0.1, 0.15) is 6.42 Å². The lowest BCUT2D eigenvalue weighted by atomic mass is 10.1. The zero-order valence-corrected chi connectivity index (χ0v) is 8.92. The second kappa shape index (κ2) is 3.16. The minimum Gasteiger partial charge on any atom is -0.486 e. The van der Waals surface area contributed by atoms with E-state index in [2.05, 4.69) is 9.97 Å². The zero-order valence-electron chi connectivity index (χ0n) is 8.16. The normalized spacial score (nSPS) is 25.9. The topological polar surface area (TPSA) is 38.2 Å². The van der Waals surface area contributed by atoms with Crippen molar-refractivity contribution in [2.45, 2.75) is 18.4 Å². The van der Waals surface area contributed by atoms with Crippen molar-refractivity contribution in [2.75, 3.05) is 18.1 Å². The fourth-order valence-corrected chi connectivity index (χ4v) is 2.23. The molecule has 2 aliphatic heterocycles. The van der Waals surface area contributed by atoms with Crippen LogP contribution in [0.2, 0.25) is 5.28 Å². The predicted molar refractivity (Wildman–Crippen MR) is 53.2 cm³/mol. The lowest BCUT2D eigenvalue weighted by Gasteiger charge is -2.33. The van der Waals surface area contributed by atoms with Crippen LogP contribution in [-0.2, 0) is 0 Å². The Hall–Kier alpha value is -1.17. The average Bonchev–Trinajstić information content (AvgIpc) is 2.55. The molecule has 0 N–H and O–H groups in total. The first kappa shape index (κ1) is 10.0. The van der Waals surface area contributed by atoms with Gasteiger partial charge in [-0.05, 0) is 11.6 Å². The molecule has 4 nitrogen and oxygen atoms in total. The number of fused-ring (bicyclic) bond motifs is 3. The number of halogens is 3. The van der Waals surface area contributed by atoms with Gasteiger partial charge in [0.05, 0.1) is 6.20 Å². The van der Waals surface area contributed by atoms with Crippen LogP contribution >= 0.6 is 11.6 Å². The zero-order chi connectivity index (χ0) is 11.3. The maximum atomic E-state index is 13.5. The molecule has 1 aromatic heterocycles. The van der Waals surface area contributed by atoms with E-state index in [1.165, 1.54) is 6.20 Å². The van der Waals surface area contributed by atoms with Crippen LogP contribution in [0.25, 0.3) is 0 Å². The SMILES string of the molecule is FC1(F)CCN2c3nc(Cl)ncc3OCC21. The summed E-state index contributed by atoms with van der Waals surface area (Å²) in [4.78, 5) is 9.25. The largest absolute Gasteiger partial charge is 0.486 e. The van der Waals surface area contributed by atoms with Gasteiger partial charge in [-0.1, -0.05) is 0 Å².